The molecule has 3 aliphatic rings. The van der Waals surface area contributed by atoms with E-state index in [2.05, 4.69) is 31.9 Å². The SMILES string of the molecule is CC(C)(Br)C(=O)OCC(C)(COC(=O)C(C)(C)Br)C(=O)OCCN1C(=O)C2C3C=CC(O3)[C@@H]2C1=O. The van der Waals surface area contributed by atoms with Crippen molar-refractivity contribution >= 4 is 61.6 Å². The molecule has 3 heterocycles. The number of ether oxygens (including phenoxy) is 4. The molecular formula is C23H29Br2NO9. The van der Waals surface area contributed by atoms with Gasteiger partial charge in [-0.1, -0.05) is 44.0 Å². The van der Waals surface area contributed by atoms with E-state index in [1.54, 1.807) is 39.8 Å². The van der Waals surface area contributed by atoms with Crippen LogP contribution in [0, 0.1) is 17.3 Å². The molecule has 2 bridgehead atoms. The highest BCUT2D eigenvalue weighted by Crippen LogP contribution is 2.44. The van der Waals surface area contributed by atoms with Crippen LogP contribution in [0.25, 0.3) is 0 Å². The monoisotopic (exact) mass is 621 g/mol. The summed E-state index contributed by atoms with van der Waals surface area (Å²) in [5.41, 5.74) is -1.52. The van der Waals surface area contributed by atoms with Gasteiger partial charge in [-0.05, 0) is 34.6 Å². The van der Waals surface area contributed by atoms with Crippen molar-refractivity contribution in [1.82, 2.24) is 4.90 Å². The third kappa shape index (κ3) is 5.80. The molecule has 0 spiro atoms. The van der Waals surface area contributed by atoms with E-state index in [9.17, 15) is 24.0 Å². The average molecular weight is 623 g/mol. The molecule has 4 atom stereocenters. The number of halogens is 2. The second-order valence-corrected chi connectivity index (χ2v) is 14.1. The molecular weight excluding hydrogens is 594 g/mol. The number of carbonyl (C=O) groups is 5. The van der Waals surface area contributed by atoms with Crippen molar-refractivity contribution in [2.45, 2.75) is 55.5 Å². The third-order valence-electron chi connectivity index (χ3n) is 6.06. The van der Waals surface area contributed by atoms with Gasteiger partial charge in [0.25, 0.3) is 0 Å². The molecule has 2 amide bonds. The highest BCUT2D eigenvalue weighted by molar-refractivity contribution is 9.10. The molecule has 2 saturated heterocycles. The summed E-state index contributed by atoms with van der Waals surface area (Å²) in [4.78, 5) is 64.0. The predicted octanol–water partition coefficient (Wildman–Crippen LogP) is 1.91. The Labute approximate surface area is 220 Å². The molecule has 3 aliphatic heterocycles. The normalized spacial score (nSPS) is 25.6. The molecule has 2 fully saturated rings. The van der Waals surface area contributed by atoms with Crippen molar-refractivity contribution in [3.05, 3.63) is 12.2 Å². The number of carbonyl (C=O) groups excluding carboxylic acids is 5. The van der Waals surface area contributed by atoms with Crippen molar-refractivity contribution in [3.63, 3.8) is 0 Å². The van der Waals surface area contributed by atoms with E-state index in [1.165, 1.54) is 6.92 Å². The topological polar surface area (TPSA) is 126 Å². The molecule has 194 valence electrons. The quantitative estimate of drug-likeness (QED) is 0.118. The van der Waals surface area contributed by atoms with Crippen LogP contribution in [0.1, 0.15) is 34.6 Å². The summed E-state index contributed by atoms with van der Waals surface area (Å²) in [7, 11) is 0. The number of imide groups is 1. The largest absolute Gasteiger partial charge is 0.463 e. The van der Waals surface area contributed by atoms with Gasteiger partial charge in [-0.15, -0.1) is 0 Å². The molecule has 0 aromatic carbocycles. The maximum Gasteiger partial charge on any atom is 0.322 e. The summed E-state index contributed by atoms with van der Waals surface area (Å²) >= 11 is 6.39. The molecule has 0 saturated carbocycles. The minimum absolute atomic E-state index is 0.117. The van der Waals surface area contributed by atoms with Crippen molar-refractivity contribution in [3.8, 4) is 0 Å². The molecule has 0 N–H and O–H groups in total. The Kier molecular flexibility index (Phi) is 7.88. The van der Waals surface area contributed by atoms with Gasteiger partial charge in [0, 0.05) is 0 Å². The van der Waals surface area contributed by atoms with E-state index in [1.807, 2.05) is 0 Å². The minimum atomic E-state index is -1.52. The Morgan fingerprint density at radius 2 is 1.26 bits per heavy atom. The first-order valence-electron chi connectivity index (χ1n) is 11.1. The molecule has 0 aromatic rings. The Bertz CT molecular complexity index is 890. The molecule has 0 radical (unpaired) electrons. The average Bonchev–Trinajstić information content (AvgIpc) is 3.44. The summed E-state index contributed by atoms with van der Waals surface area (Å²) in [6.07, 6.45) is 2.77. The lowest BCUT2D eigenvalue weighted by atomic mass is 9.85. The van der Waals surface area contributed by atoms with Crippen LogP contribution in [0.3, 0.4) is 0 Å². The van der Waals surface area contributed by atoms with E-state index >= 15 is 0 Å². The van der Waals surface area contributed by atoms with Crippen LogP contribution in [-0.2, 0) is 42.9 Å². The number of hydrogen-bond acceptors (Lipinski definition) is 9. The third-order valence-corrected chi connectivity index (χ3v) is 6.70. The van der Waals surface area contributed by atoms with Gasteiger partial charge < -0.3 is 18.9 Å². The molecule has 0 aromatic heterocycles. The van der Waals surface area contributed by atoms with E-state index in [0.29, 0.717) is 0 Å². The van der Waals surface area contributed by atoms with Crippen LogP contribution in [0.5, 0.6) is 0 Å². The molecule has 3 rings (SSSR count). The van der Waals surface area contributed by atoms with Gasteiger partial charge in [-0.25, -0.2) is 0 Å². The van der Waals surface area contributed by atoms with Gasteiger partial charge in [-0.3, -0.25) is 28.9 Å². The summed E-state index contributed by atoms with van der Waals surface area (Å²) in [6, 6.07) is 0. The highest BCUT2D eigenvalue weighted by atomic mass is 79.9. The number of rotatable bonds is 10. The van der Waals surface area contributed by atoms with Gasteiger partial charge >= 0.3 is 17.9 Å². The van der Waals surface area contributed by atoms with Crippen molar-refractivity contribution in [2.75, 3.05) is 26.4 Å². The van der Waals surface area contributed by atoms with Crippen LogP contribution in [0.15, 0.2) is 12.2 Å². The zero-order valence-corrected chi connectivity index (χ0v) is 23.3. The van der Waals surface area contributed by atoms with Crippen LogP contribution < -0.4 is 0 Å². The fourth-order valence-electron chi connectivity index (χ4n) is 3.94. The van der Waals surface area contributed by atoms with Crippen LogP contribution in [0.4, 0.5) is 0 Å². The number of alkyl halides is 2. The Hall–Kier alpha value is -1.79. The fourth-order valence-corrected chi connectivity index (χ4v) is 4.17. The highest BCUT2D eigenvalue weighted by Gasteiger charge is 2.60. The number of amides is 2. The summed E-state index contributed by atoms with van der Waals surface area (Å²) in [6.45, 7) is 6.60. The summed E-state index contributed by atoms with van der Waals surface area (Å²) in [5.74, 6) is -3.82. The smallest absolute Gasteiger partial charge is 0.322 e. The van der Waals surface area contributed by atoms with Crippen molar-refractivity contribution < 1.29 is 42.9 Å². The molecule has 3 unspecified atom stereocenters. The number of nitrogens with zero attached hydrogens (tertiary/aromatic N) is 1. The number of hydrogen-bond donors (Lipinski definition) is 0. The fraction of sp³-hybridized carbons (Fsp3) is 0.696. The Morgan fingerprint density at radius 3 is 1.66 bits per heavy atom. The lowest BCUT2D eigenvalue weighted by Gasteiger charge is -2.29. The van der Waals surface area contributed by atoms with E-state index in [4.69, 9.17) is 18.9 Å². The first-order valence-corrected chi connectivity index (χ1v) is 12.7. The number of esters is 3. The van der Waals surface area contributed by atoms with Crippen LogP contribution in [-0.4, -0.2) is 81.8 Å². The summed E-state index contributed by atoms with van der Waals surface area (Å²) < 4.78 is 19.5. The lowest BCUT2D eigenvalue weighted by molar-refractivity contribution is -0.172. The number of likely N-dealkylation sites (tertiary alicyclic amines) is 1. The van der Waals surface area contributed by atoms with Gasteiger partial charge in [-0.2, -0.15) is 0 Å². The van der Waals surface area contributed by atoms with Gasteiger partial charge in [0.2, 0.25) is 11.8 Å². The molecule has 10 nitrogen and oxygen atoms in total. The molecule has 35 heavy (non-hydrogen) atoms. The number of fused-ring (bicyclic) bond motifs is 5. The van der Waals surface area contributed by atoms with Crippen LogP contribution >= 0.6 is 31.9 Å². The zero-order chi connectivity index (χ0) is 26.3. The lowest BCUT2D eigenvalue weighted by Crippen LogP contribution is -2.44. The van der Waals surface area contributed by atoms with Gasteiger partial charge in [0.1, 0.15) is 33.9 Å². The van der Waals surface area contributed by atoms with Crippen LogP contribution in [0.2, 0.25) is 0 Å². The predicted molar refractivity (Wildman–Crippen MR) is 128 cm³/mol. The Morgan fingerprint density at radius 1 is 0.829 bits per heavy atom. The standard InChI is InChI=1S/C23H29Br2NO9/c1-21(2,24)18(29)33-10-23(5,11-34-19(30)22(3,4)25)20(31)32-9-8-26-16(27)14-12-6-7-13(35-12)15(14)17(26)28/h6-7,12-15H,8-11H2,1-5H3/t12?,13?,14-,15?/m0/s1. The van der Waals surface area contributed by atoms with Gasteiger partial charge in [0.05, 0.1) is 30.6 Å². The maximum absolute atomic E-state index is 13.0. The minimum Gasteiger partial charge on any atom is -0.463 e. The molecule has 12 heteroatoms. The van der Waals surface area contributed by atoms with Gasteiger partial charge in [0.15, 0.2) is 0 Å². The second kappa shape index (κ2) is 9.93. The summed E-state index contributed by atoms with van der Waals surface area (Å²) in [5, 5.41) is 0. The van der Waals surface area contributed by atoms with E-state index in [-0.39, 0.29) is 25.0 Å². The first kappa shape index (κ1) is 27.8. The maximum atomic E-state index is 13.0. The molecule has 0 aliphatic carbocycles. The second-order valence-electron chi connectivity index (χ2n) is 10.1. The van der Waals surface area contributed by atoms with Crippen molar-refractivity contribution in [2.24, 2.45) is 17.3 Å². The zero-order valence-electron chi connectivity index (χ0n) is 20.2. The van der Waals surface area contributed by atoms with E-state index in [0.717, 1.165) is 4.90 Å². The van der Waals surface area contributed by atoms with E-state index < -0.39 is 69.2 Å². The Balaban J connectivity index is 1.61. The first-order chi connectivity index (χ1) is 16.1. The van der Waals surface area contributed by atoms with Crippen molar-refractivity contribution in [1.29, 1.82) is 0 Å².